The molecule has 1 aliphatic heterocycles. The van der Waals surface area contributed by atoms with E-state index >= 15 is 0 Å². The van der Waals surface area contributed by atoms with Crippen molar-refractivity contribution in [3.8, 4) is 0 Å². The molecular formula is C5H10O3. The second-order valence-corrected chi connectivity index (χ2v) is 2.34. The average molecular weight is 118 g/mol. The monoisotopic (exact) mass is 118 g/mol. The minimum Gasteiger partial charge on any atom is -0.393 e. The van der Waals surface area contributed by atoms with Crippen LogP contribution < -0.4 is 0 Å². The summed E-state index contributed by atoms with van der Waals surface area (Å²) < 4.78 is 4.75. The van der Waals surface area contributed by atoms with Crippen LogP contribution in [0.1, 0.15) is 6.92 Å². The highest BCUT2D eigenvalue weighted by molar-refractivity contribution is 4.89. The molecular weight excluding hydrogens is 108 g/mol. The van der Waals surface area contributed by atoms with Crippen molar-refractivity contribution in [3.05, 3.63) is 0 Å². The first-order chi connectivity index (χ1) is 3.67. The topological polar surface area (TPSA) is 53.0 Å². The maximum absolute atomic E-state index is 9.09. The van der Waals surface area contributed by atoms with Crippen LogP contribution >= 0.6 is 0 Å². The van der Waals surface area contributed by atoms with Crippen molar-refractivity contribution in [1.29, 1.82) is 0 Å². The third-order valence-electron chi connectivity index (χ3n) is 1.35. The molecule has 2 atom stereocenters. The summed E-state index contributed by atoms with van der Waals surface area (Å²) in [6, 6.07) is 0. The summed E-state index contributed by atoms with van der Waals surface area (Å²) >= 11 is 0. The van der Waals surface area contributed by atoms with E-state index in [2.05, 4.69) is 0 Å². The third kappa shape index (κ3) is 0.992. The Labute approximate surface area is 47.9 Å². The summed E-state index contributed by atoms with van der Waals surface area (Å²) in [6.45, 7) is 1.91. The quantitative estimate of drug-likeness (QED) is 0.463. The average Bonchev–Trinajstić information content (AvgIpc) is 2.44. The molecule has 2 N–H and O–H groups in total. The van der Waals surface area contributed by atoms with E-state index < -0.39 is 5.60 Å². The van der Waals surface area contributed by atoms with Crippen molar-refractivity contribution < 1.29 is 14.9 Å². The van der Waals surface area contributed by atoms with Crippen molar-refractivity contribution in [3.63, 3.8) is 0 Å². The van der Waals surface area contributed by atoms with Crippen molar-refractivity contribution in [2.75, 3.05) is 13.2 Å². The van der Waals surface area contributed by atoms with Crippen LogP contribution in [0.4, 0.5) is 0 Å². The first kappa shape index (κ1) is 6.01. The molecule has 1 rings (SSSR count). The maximum Gasteiger partial charge on any atom is 0.113 e. The number of hydrogen-bond acceptors (Lipinski definition) is 3. The van der Waals surface area contributed by atoms with Crippen molar-refractivity contribution in [1.82, 2.24) is 0 Å². The summed E-state index contributed by atoms with van der Waals surface area (Å²) in [5.41, 5.74) is -1.01. The second kappa shape index (κ2) is 1.69. The van der Waals surface area contributed by atoms with Crippen LogP contribution in [-0.4, -0.2) is 35.1 Å². The summed E-state index contributed by atoms with van der Waals surface area (Å²) in [4.78, 5) is 0. The lowest BCUT2D eigenvalue weighted by Gasteiger charge is -2.15. The van der Waals surface area contributed by atoms with Gasteiger partial charge in [0.15, 0.2) is 0 Å². The summed E-state index contributed by atoms with van der Waals surface area (Å²) in [5, 5.41) is 17.6. The van der Waals surface area contributed by atoms with Gasteiger partial charge in [0.1, 0.15) is 11.7 Å². The Morgan fingerprint density at radius 1 is 1.88 bits per heavy atom. The van der Waals surface area contributed by atoms with Crippen molar-refractivity contribution in [2.45, 2.75) is 18.6 Å². The van der Waals surface area contributed by atoms with Gasteiger partial charge >= 0.3 is 0 Å². The van der Waals surface area contributed by atoms with E-state index in [0.717, 1.165) is 0 Å². The fourth-order valence-corrected chi connectivity index (χ4v) is 0.509. The smallest absolute Gasteiger partial charge is 0.113 e. The molecule has 0 unspecified atom stereocenters. The molecule has 0 bridgehead atoms. The van der Waals surface area contributed by atoms with Gasteiger partial charge in [0.05, 0.1) is 13.2 Å². The van der Waals surface area contributed by atoms with E-state index in [1.54, 1.807) is 6.92 Å². The lowest BCUT2D eigenvalue weighted by molar-refractivity contribution is -0.0200. The van der Waals surface area contributed by atoms with Gasteiger partial charge in [-0.25, -0.2) is 0 Å². The molecule has 0 spiro atoms. The largest absolute Gasteiger partial charge is 0.393 e. The van der Waals surface area contributed by atoms with Crippen molar-refractivity contribution in [2.24, 2.45) is 0 Å². The van der Waals surface area contributed by atoms with Crippen LogP contribution in [0.2, 0.25) is 0 Å². The molecule has 1 aliphatic rings. The van der Waals surface area contributed by atoms with E-state index in [1.807, 2.05) is 0 Å². The molecule has 0 radical (unpaired) electrons. The molecule has 0 aromatic rings. The molecule has 3 nitrogen and oxygen atoms in total. The standard InChI is InChI=1S/C5H10O3/c1-5(7,3-6)4-2-8-4/h4,6-7H,2-3H2,1H3/t4-,5+/m1/s1. The highest BCUT2D eigenvalue weighted by Crippen LogP contribution is 2.22. The maximum atomic E-state index is 9.09. The normalized spacial score (nSPS) is 34.1. The van der Waals surface area contributed by atoms with Gasteiger partial charge in [-0.2, -0.15) is 0 Å². The van der Waals surface area contributed by atoms with E-state index in [4.69, 9.17) is 14.9 Å². The molecule has 3 heteroatoms. The second-order valence-electron chi connectivity index (χ2n) is 2.34. The number of rotatable bonds is 2. The zero-order chi connectivity index (χ0) is 6.20. The summed E-state index contributed by atoms with van der Waals surface area (Å²) in [6.07, 6.45) is -0.132. The van der Waals surface area contributed by atoms with Gasteiger partial charge in [-0.1, -0.05) is 0 Å². The minimum absolute atomic E-state index is 0.132. The fraction of sp³-hybridized carbons (Fsp3) is 1.00. The molecule has 0 amide bonds. The molecule has 0 aliphatic carbocycles. The molecule has 1 saturated heterocycles. The predicted octanol–water partition coefficient (Wildman–Crippen LogP) is -0.872. The Morgan fingerprint density at radius 2 is 2.38 bits per heavy atom. The van der Waals surface area contributed by atoms with Gasteiger partial charge in [-0.3, -0.25) is 0 Å². The van der Waals surface area contributed by atoms with E-state index in [9.17, 15) is 0 Å². The van der Waals surface area contributed by atoms with Crippen LogP contribution in [0.3, 0.4) is 0 Å². The number of hydrogen-bond donors (Lipinski definition) is 2. The number of aliphatic hydroxyl groups excluding tert-OH is 1. The minimum atomic E-state index is -1.01. The highest BCUT2D eigenvalue weighted by atomic mass is 16.6. The van der Waals surface area contributed by atoms with Gasteiger partial charge in [0.2, 0.25) is 0 Å². The van der Waals surface area contributed by atoms with Gasteiger partial charge < -0.3 is 14.9 Å². The predicted molar refractivity (Wildman–Crippen MR) is 27.4 cm³/mol. The van der Waals surface area contributed by atoms with Gasteiger partial charge in [0.25, 0.3) is 0 Å². The SMILES string of the molecule is C[C@](O)(CO)[C@H]1CO1. The zero-order valence-corrected chi connectivity index (χ0v) is 4.79. The summed E-state index contributed by atoms with van der Waals surface area (Å²) in [5.74, 6) is 0. The summed E-state index contributed by atoms with van der Waals surface area (Å²) in [7, 11) is 0. The number of aliphatic hydroxyl groups is 2. The van der Waals surface area contributed by atoms with Crippen LogP contribution in [0.25, 0.3) is 0 Å². The lowest BCUT2D eigenvalue weighted by atomic mass is 10.1. The molecule has 0 aromatic carbocycles. The molecule has 8 heavy (non-hydrogen) atoms. The van der Waals surface area contributed by atoms with E-state index in [1.165, 1.54) is 0 Å². The first-order valence-corrected chi connectivity index (χ1v) is 2.61. The Kier molecular flexibility index (Phi) is 1.27. The molecule has 1 fully saturated rings. The van der Waals surface area contributed by atoms with Crippen LogP contribution in [0.15, 0.2) is 0 Å². The van der Waals surface area contributed by atoms with E-state index in [-0.39, 0.29) is 12.7 Å². The lowest BCUT2D eigenvalue weighted by Crippen LogP contribution is -2.35. The fourth-order valence-electron chi connectivity index (χ4n) is 0.509. The van der Waals surface area contributed by atoms with Crippen LogP contribution in [0.5, 0.6) is 0 Å². The number of ether oxygens (including phenoxy) is 1. The van der Waals surface area contributed by atoms with Crippen LogP contribution in [-0.2, 0) is 4.74 Å². The molecule has 0 aromatic heterocycles. The third-order valence-corrected chi connectivity index (χ3v) is 1.35. The van der Waals surface area contributed by atoms with Crippen molar-refractivity contribution >= 4 is 0 Å². The Morgan fingerprint density at radius 3 is 2.50 bits per heavy atom. The van der Waals surface area contributed by atoms with Gasteiger partial charge in [-0.05, 0) is 6.92 Å². The van der Waals surface area contributed by atoms with E-state index in [0.29, 0.717) is 6.61 Å². The first-order valence-electron chi connectivity index (χ1n) is 2.61. The Bertz CT molecular complexity index is 85.7. The van der Waals surface area contributed by atoms with Crippen LogP contribution in [0, 0.1) is 0 Å². The molecule has 1 heterocycles. The number of epoxide rings is 1. The van der Waals surface area contributed by atoms with Gasteiger partial charge in [-0.15, -0.1) is 0 Å². The highest BCUT2D eigenvalue weighted by Gasteiger charge is 2.41. The molecule has 48 valence electrons. The zero-order valence-electron chi connectivity index (χ0n) is 4.79. The van der Waals surface area contributed by atoms with Gasteiger partial charge in [0, 0.05) is 0 Å². The molecule has 0 saturated carbocycles. The Balaban J connectivity index is 2.37. The Hall–Kier alpha value is -0.120.